The summed E-state index contributed by atoms with van der Waals surface area (Å²) < 4.78 is 0. The van der Waals surface area contributed by atoms with Gasteiger partial charge >= 0.3 is 0 Å². The molecule has 0 aromatic heterocycles. The molecule has 0 unspecified atom stereocenters. The van der Waals surface area contributed by atoms with Gasteiger partial charge in [-0.1, -0.05) is 13.8 Å². The van der Waals surface area contributed by atoms with Crippen LogP contribution in [0.15, 0.2) is 4.99 Å². The largest absolute Gasteiger partial charge is 0.370 e. The van der Waals surface area contributed by atoms with E-state index in [1.807, 2.05) is 20.9 Å². The maximum absolute atomic E-state index is 11.6. The molecule has 1 amide bonds. The first-order valence-corrected chi connectivity index (χ1v) is 5.72. The van der Waals surface area contributed by atoms with E-state index in [4.69, 9.17) is 11.5 Å². The predicted octanol–water partition coefficient (Wildman–Crippen LogP) is 0.545. The van der Waals surface area contributed by atoms with E-state index in [2.05, 4.69) is 4.99 Å². The number of hydrogen-bond acceptors (Lipinski definition) is 2. The summed E-state index contributed by atoms with van der Waals surface area (Å²) >= 11 is 0. The van der Waals surface area contributed by atoms with Crippen LogP contribution in [-0.4, -0.2) is 36.9 Å². The van der Waals surface area contributed by atoms with Gasteiger partial charge in [0.05, 0.1) is 0 Å². The van der Waals surface area contributed by atoms with Crippen molar-refractivity contribution in [3.8, 4) is 0 Å². The van der Waals surface area contributed by atoms with Crippen molar-refractivity contribution in [2.45, 2.75) is 33.1 Å². The van der Waals surface area contributed by atoms with E-state index in [-0.39, 0.29) is 11.9 Å². The summed E-state index contributed by atoms with van der Waals surface area (Å²) in [6, 6.07) is 0. The van der Waals surface area contributed by atoms with Crippen molar-refractivity contribution in [2.24, 2.45) is 22.4 Å². The molecule has 16 heavy (non-hydrogen) atoms. The molecule has 0 spiro atoms. The Morgan fingerprint density at radius 2 is 1.94 bits per heavy atom. The molecule has 0 bridgehead atoms. The first-order chi connectivity index (χ1) is 7.43. The summed E-state index contributed by atoms with van der Waals surface area (Å²) in [7, 11) is 1.84. The summed E-state index contributed by atoms with van der Waals surface area (Å²) in [5.41, 5.74) is 10.4. The van der Waals surface area contributed by atoms with Gasteiger partial charge in [-0.3, -0.25) is 9.79 Å². The van der Waals surface area contributed by atoms with Gasteiger partial charge in [-0.25, -0.2) is 0 Å². The smallest absolute Gasteiger partial charge is 0.222 e. The summed E-state index contributed by atoms with van der Waals surface area (Å²) in [5.74, 6) is 0.748. The van der Waals surface area contributed by atoms with Gasteiger partial charge in [0.1, 0.15) is 0 Å². The van der Waals surface area contributed by atoms with Gasteiger partial charge in [-0.05, 0) is 18.8 Å². The highest BCUT2D eigenvalue weighted by Crippen LogP contribution is 2.03. The van der Waals surface area contributed by atoms with E-state index < -0.39 is 0 Å². The second-order valence-corrected chi connectivity index (χ2v) is 4.43. The fourth-order valence-electron chi connectivity index (χ4n) is 1.30. The van der Waals surface area contributed by atoms with Crippen LogP contribution in [0.5, 0.6) is 0 Å². The number of rotatable bonds is 7. The molecule has 4 N–H and O–H groups in total. The molecule has 0 aliphatic heterocycles. The Morgan fingerprint density at radius 1 is 1.31 bits per heavy atom. The third-order valence-electron chi connectivity index (χ3n) is 2.20. The minimum Gasteiger partial charge on any atom is -0.370 e. The first-order valence-electron chi connectivity index (χ1n) is 5.72. The van der Waals surface area contributed by atoms with Gasteiger partial charge in [-0.2, -0.15) is 0 Å². The fourth-order valence-corrected chi connectivity index (χ4v) is 1.30. The van der Waals surface area contributed by atoms with E-state index >= 15 is 0 Å². The zero-order valence-electron chi connectivity index (χ0n) is 10.6. The van der Waals surface area contributed by atoms with Gasteiger partial charge in [-0.15, -0.1) is 0 Å². The van der Waals surface area contributed by atoms with Gasteiger partial charge in [0.15, 0.2) is 5.96 Å². The lowest BCUT2D eigenvalue weighted by atomic mass is 10.1. The highest BCUT2D eigenvalue weighted by Gasteiger charge is 2.09. The Morgan fingerprint density at radius 3 is 2.44 bits per heavy atom. The molecule has 0 aromatic rings. The monoisotopic (exact) mass is 228 g/mol. The lowest BCUT2D eigenvalue weighted by Crippen LogP contribution is -2.28. The molecule has 0 saturated heterocycles. The highest BCUT2D eigenvalue weighted by atomic mass is 16.2. The maximum Gasteiger partial charge on any atom is 0.222 e. The van der Waals surface area contributed by atoms with Crippen molar-refractivity contribution in [2.75, 3.05) is 20.1 Å². The molecule has 0 heterocycles. The number of guanidine groups is 1. The van der Waals surface area contributed by atoms with Crippen molar-refractivity contribution in [1.29, 1.82) is 0 Å². The molecule has 0 aromatic carbocycles. The summed E-state index contributed by atoms with van der Waals surface area (Å²) in [6.45, 7) is 5.50. The van der Waals surface area contributed by atoms with Crippen LogP contribution in [0.2, 0.25) is 0 Å². The van der Waals surface area contributed by atoms with Gasteiger partial charge in [0, 0.05) is 26.6 Å². The standard InChI is InChI=1S/C11H24N4O/c1-9(2)8-10(16)15(3)7-5-4-6-14-11(12)13/h9H,4-8H2,1-3H3,(H4,12,13,14). The Balaban J connectivity index is 3.61. The van der Waals surface area contributed by atoms with Crippen molar-refractivity contribution < 1.29 is 4.79 Å². The van der Waals surface area contributed by atoms with E-state index in [1.54, 1.807) is 4.90 Å². The predicted molar refractivity (Wildman–Crippen MR) is 67.0 cm³/mol. The topological polar surface area (TPSA) is 84.7 Å². The van der Waals surface area contributed by atoms with Gasteiger partial charge in [0.25, 0.3) is 0 Å². The Hall–Kier alpha value is -1.26. The van der Waals surface area contributed by atoms with E-state index in [9.17, 15) is 4.79 Å². The van der Waals surface area contributed by atoms with Crippen molar-refractivity contribution in [3.63, 3.8) is 0 Å². The lowest BCUT2D eigenvalue weighted by molar-refractivity contribution is -0.130. The number of carbonyl (C=O) groups excluding carboxylic acids is 1. The molecule has 0 fully saturated rings. The van der Waals surface area contributed by atoms with Gasteiger partial charge < -0.3 is 16.4 Å². The van der Waals surface area contributed by atoms with Crippen LogP contribution in [0, 0.1) is 5.92 Å². The van der Waals surface area contributed by atoms with E-state index in [0.717, 1.165) is 19.4 Å². The SMILES string of the molecule is CC(C)CC(=O)N(C)CCCCN=C(N)N. The Labute approximate surface area is 97.9 Å². The van der Waals surface area contributed by atoms with Crippen LogP contribution >= 0.6 is 0 Å². The van der Waals surface area contributed by atoms with Gasteiger partial charge in [0.2, 0.25) is 5.91 Å². The number of nitrogens with two attached hydrogens (primary N) is 2. The molecule has 0 aliphatic rings. The zero-order valence-corrected chi connectivity index (χ0v) is 10.6. The molecule has 94 valence electrons. The summed E-state index contributed by atoms with van der Waals surface area (Å²) in [6.07, 6.45) is 2.44. The molecular formula is C11H24N4O. The van der Waals surface area contributed by atoms with E-state index in [0.29, 0.717) is 18.9 Å². The maximum atomic E-state index is 11.6. The number of amides is 1. The molecular weight excluding hydrogens is 204 g/mol. The molecule has 0 saturated carbocycles. The third-order valence-corrected chi connectivity index (χ3v) is 2.20. The minimum absolute atomic E-state index is 0.129. The third kappa shape index (κ3) is 8.08. The highest BCUT2D eigenvalue weighted by molar-refractivity contribution is 5.76. The zero-order chi connectivity index (χ0) is 12.6. The van der Waals surface area contributed by atoms with Crippen LogP contribution in [0.1, 0.15) is 33.1 Å². The molecule has 5 nitrogen and oxygen atoms in total. The molecule has 0 radical (unpaired) electrons. The van der Waals surface area contributed by atoms with Crippen LogP contribution in [0.4, 0.5) is 0 Å². The average Bonchev–Trinajstić information content (AvgIpc) is 2.15. The normalized spacial score (nSPS) is 10.2. The minimum atomic E-state index is 0.129. The Kier molecular flexibility index (Phi) is 7.33. The average molecular weight is 228 g/mol. The molecule has 0 atom stereocenters. The molecule has 0 aliphatic carbocycles. The quantitative estimate of drug-likeness (QED) is 0.379. The fraction of sp³-hybridized carbons (Fsp3) is 0.818. The lowest BCUT2D eigenvalue weighted by Gasteiger charge is -2.17. The number of carbonyl (C=O) groups is 1. The van der Waals surface area contributed by atoms with Crippen LogP contribution in [0.25, 0.3) is 0 Å². The second kappa shape index (κ2) is 7.96. The summed E-state index contributed by atoms with van der Waals surface area (Å²) in [4.78, 5) is 17.2. The first kappa shape index (κ1) is 14.7. The van der Waals surface area contributed by atoms with Crippen LogP contribution in [-0.2, 0) is 4.79 Å². The van der Waals surface area contributed by atoms with Crippen LogP contribution in [0.3, 0.4) is 0 Å². The number of hydrogen-bond donors (Lipinski definition) is 2. The van der Waals surface area contributed by atoms with Crippen molar-refractivity contribution in [1.82, 2.24) is 4.90 Å². The molecule has 5 heteroatoms. The van der Waals surface area contributed by atoms with Crippen molar-refractivity contribution >= 4 is 11.9 Å². The van der Waals surface area contributed by atoms with E-state index in [1.165, 1.54) is 0 Å². The second-order valence-electron chi connectivity index (χ2n) is 4.43. The Bertz CT molecular complexity index is 234. The summed E-state index contributed by atoms with van der Waals surface area (Å²) in [5, 5.41) is 0. The molecule has 0 rings (SSSR count). The van der Waals surface area contributed by atoms with Crippen LogP contribution < -0.4 is 11.5 Å². The number of aliphatic imine (C=N–C) groups is 1. The van der Waals surface area contributed by atoms with Crippen molar-refractivity contribution in [3.05, 3.63) is 0 Å². The number of unbranched alkanes of at least 4 members (excludes halogenated alkanes) is 1. The number of nitrogens with zero attached hydrogens (tertiary/aromatic N) is 2.